The maximum absolute atomic E-state index is 6.85. The molecular weight excluding hydrogens is 402 g/mol. The third kappa shape index (κ3) is 5.23. The van der Waals surface area contributed by atoms with E-state index in [1.54, 1.807) is 21.3 Å². The van der Waals surface area contributed by atoms with Gasteiger partial charge in [0.2, 0.25) is 0 Å². The molecule has 0 amide bonds. The van der Waals surface area contributed by atoms with Crippen LogP contribution in [-0.2, 0) is 10.3 Å². The van der Waals surface area contributed by atoms with E-state index in [1.165, 1.54) is 0 Å². The first-order chi connectivity index (χ1) is 15.3. The van der Waals surface area contributed by atoms with Gasteiger partial charge in [0.05, 0.1) is 49.1 Å². The van der Waals surface area contributed by atoms with Crippen LogP contribution < -0.4 is 14.2 Å². The zero-order valence-electron chi connectivity index (χ0n) is 19.9. The van der Waals surface area contributed by atoms with E-state index in [2.05, 4.69) is 57.5 Å². The van der Waals surface area contributed by atoms with Crippen LogP contribution in [0.15, 0.2) is 72.8 Å². The van der Waals surface area contributed by atoms with Crippen LogP contribution in [0.4, 0.5) is 0 Å². The first-order valence-corrected chi connectivity index (χ1v) is 10.7. The number of rotatable bonds is 10. The average Bonchev–Trinajstić information content (AvgIpc) is 2.82. The molecule has 0 aromatic heterocycles. The molecule has 0 saturated carbocycles. The van der Waals surface area contributed by atoms with Gasteiger partial charge >= 0.3 is 0 Å². The van der Waals surface area contributed by atoms with Crippen molar-refractivity contribution in [2.24, 2.45) is 0 Å². The van der Waals surface area contributed by atoms with Gasteiger partial charge in [0, 0.05) is 0 Å². The number of methoxy groups -OCH3 is 3. The SMILES string of the molecule is COc1ccc(C(OCC[N+](C)(C)C)(c2ccc(OC)cc2)c2ccc(OC)cc2)cc1. The second-order valence-corrected chi connectivity index (χ2v) is 8.73. The van der Waals surface area contributed by atoms with E-state index in [1.807, 2.05) is 36.4 Å². The van der Waals surface area contributed by atoms with Crippen molar-refractivity contribution in [3.8, 4) is 17.2 Å². The smallest absolute Gasteiger partial charge is 0.144 e. The molecule has 0 bridgehead atoms. The van der Waals surface area contributed by atoms with Crippen molar-refractivity contribution in [3.63, 3.8) is 0 Å². The molecule has 5 heteroatoms. The number of quaternary nitrogens is 1. The van der Waals surface area contributed by atoms with Crippen LogP contribution in [0.3, 0.4) is 0 Å². The average molecular weight is 437 g/mol. The van der Waals surface area contributed by atoms with E-state index in [9.17, 15) is 0 Å². The molecule has 0 atom stereocenters. The van der Waals surface area contributed by atoms with Gasteiger partial charge in [0.25, 0.3) is 0 Å². The van der Waals surface area contributed by atoms with Crippen molar-refractivity contribution >= 4 is 0 Å². The Morgan fingerprint density at radius 3 is 1.12 bits per heavy atom. The van der Waals surface area contributed by atoms with Crippen molar-refractivity contribution in [3.05, 3.63) is 89.5 Å². The topological polar surface area (TPSA) is 36.9 Å². The van der Waals surface area contributed by atoms with Gasteiger partial charge in [-0.15, -0.1) is 0 Å². The lowest BCUT2D eigenvalue weighted by atomic mass is 9.80. The molecule has 0 spiro atoms. The summed E-state index contributed by atoms with van der Waals surface area (Å²) in [5, 5.41) is 0. The van der Waals surface area contributed by atoms with Crippen LogP contribution in [0.25, 0.3) is 0 Å². The summed E-state index contributed by atoms with van der Waals surface area (Å²) in [6.07, 6.45) is 0. The standard InChI is InChI=1S/C27H34NO4/c1-28(2,3)19-20-32-27(21-7-13-24(29-4)14-8-21,22-9-15-25(30-5)16-10-22)23-11-17-26(31-6)18-12-23/h7-18H,19-20H2,1-6H3/q+1. The molecule has 0 radical (unpaired) electrons. The van der Waals surface area contributed by atoms with Crippen LogP contribution in [0.2, 0.25) is 0 Å². The number of likely N-dealkylation sites (N-methyl/N-ethyl adjacent to an activating group) is 1. The molecule has 3 aromatic carbocycles. The minimum atomic E-state index is -0.806. The number of hydrogen-bond acceptors (Lipinski definition) is 4. The van der Waals surface area contributed by atoms with Gasteiger partial charge in [0.1, 0.15) is 29.4 Å². The number of hydrogen-bond donors (Lipinski definition) is 0. The van der Waals surface area contributed by atoms with Crippen LogP contribution in [-0.4, -0.2) is 60.1 Å². The fourth-order valence-electron chi connectivity index (χ4n) is 3.70. The molecule has 0 N–H and O–H groups in total. The Bertz CT molecular complexity index is 858. The summed E-state index contributed by atoms with van der Waals surface area (Å²) in [5.74, 6) is 2.41. The van der Waals surface area contributed by atoms with E-state index in [4.69, 9.17) is 18.9 Å². The molecule has 32 heavy (non-hydrogen) atoms. The Morgan fingerprint density at radius 2 is 0.875 bits per heavy atom. The van der Waals surface area contributed by atoms with Crippen LogP contribution in [0, 0.1) is 0 Å². The van der Waals surface area contributed by atoms with E-state index < -0.39 is 5.60 Å². The molecule has 5 nitrogen and oxygen atoms in total. The lowest BCUT2D eigenvalue weighted by Gasteiger charge is -2.37. The molecule has 0 unspecified atom stereocenters. The molecule has 0 heterocycles. The molecule has 0 aliphatic carbocycles. The zero-order valence-corrected chi connectivity index (χ0v) is 19.9. The zero-order chi connectivity index (χ0) is 23.2. The highest BCUT2D eigenvalue weighted by Gasteiger charge is 2.38. The normalized spacial score (nSPS) is 11.8. The highest BCUT2D eigenvalue weighted by atomic mass is 16.5. The second kappa shape index (κ2) is 10.1. The van der Waals surface area contributed by atoms with Gasteiger partial charge < -0.3 is 23.4 Å². The van der Waals surface area contributed by atoms with E-state index in [0.717, 1.165) is 45.0 Å². The molecule has 3 aromatic rings. The minimum Gasteiger partial charge on any atom is -0.497 e. The second-order valence-electron chi connectivity index (χ2n) is 8.73. The first kappa shape index (κ1) is 23.6. The summed E-state index contributed by atoms with van der Waals surface area (Å²) in [5.41, 5.74) is 2.26. The predicted molar refractivity (Wildman–Crippen MR) is 128 cm³/mol. The summed E-state index contributed by atoms with van der Waals surface area (Å²) < 4.78 is 23.9. The maximum atomic E-state index is 6.85. The lowest BCUT2D eigenvalue weighted by Crippen LogP contribution is -2.41. The van der Waals surface area contributed by atoms with Gasteiger partial charge in [0.15, 0.2) is 0 Å². The van der Waals surface area contributed by atoms with Crippen molar-refractivity contribution < 1.29 is 23.4 Å². The van der Waals surface area contributed by atoms with Gasteiger partial charge in [-0.3, -0.25) is 0 Å². The largest absolute Gasteiger partial charge is 0.497 e. The number of benzene rings is 3. The van der Waals surface area contributed by atoms with Crippen LogP contribution >= 0.6 is 0 Å². The fraction of sp³-hybridized carbons (Fsp3) is 0.333. The quantitative estimate of drug-likeness (QED) is 0.340. The summed E-state index contributed by atoms with van der Waals surface area (Å²) in [7, 11) is 11.5. The van der Waals surface area contributed by atoms with E-state index >= 15 is 0 Å². The molecule has 0 saturated heterocycles. The molecule has 0 aliphatic rings. The minimum absolute atomic E-state index is 0.577. The van der Waals surface area contributed by atoms with Gasteiger partial charge in [-0.25, -0.2) is 0 Å². The summed E-state index contributed by atoms with van der Waals surface area (Å²) in [6, 6.07) is 24.2. The molecule has 0 aliphatic heterocycles. The molecule has 0 fully saturated rings. The highest BCUT2D eigenvalue weighted by molar-refractivity contribution is 5.50. The number of nitrogens with zero attached hydrogens (tertiary/aromatic N) is 1. The number of ether oxygens (including phenoxy) is 4. The Kier molecular flexibility index (Phi) is 7.44. The molecule has 170 valence electrons. The summed E-state index contributed by atoms with van der Waals surface area (Å²) >= 11 is 0. The van der Waals surface area contributed by atoms with Crippen molar-refractivity contribution in [2.45, 2.75) is 5.60 Å². The Morgan fingerprint density at radius 1 is 0.562 bits per heavy atom. The van der Waals surface area contributed by atoms with Crippen molar-refractivity contribution in [2.75, 3.05) is 55.6 Å². The fourth-order valence-corrected chi connectivity index (χ4v) is 3.70. The third-order valence-corrected chi connectivity index (χ3v) is 5.57. The van der Waals surface area contributed by atoms with Crippen LogP contribution in [0.1, 0.15) is 16.7 Å². The Balaban J connectivity index is 2.20. The van der Waals surface area contributed by atoms with Gasteiger partial charge in [-0.2, -0.15) is 0 Å². The van der Waals surface area contributed by atoms with E-state index in [-0.39, 0.29) is 0 Å². The monoisotopic (exact) mass is 436 g/mol. The molecule has 3 rings (SSSR count). The summed E-state index contributed by atoms with van der Waals surface area (Å²) in [6.45, 7) is 1.44. The predicted octanol–water partition coefficient (Wildman–Crippen LogP) is 4.73. The lowest BCUT2D eigenvalue weighted by molar-refractivity contribution is -0.871. The van der Waals surface area contributed by atoms with Gasteiger partial charge in [-0.1, -0.05) is 36.4 Å². The van der Waals surface area contributed by atoms with Gasteiger partial charge in [-0.05, 0) is 53.1 Å². The summed E-state index contributed by atoms with van der Waals surface area (Å²) in [4.78, 5) is 0. The maximum Gasteiger partial charge on any atom is 0.144 e. The van der Waals surface area contributed by atoms with Crippen molar-refractivity contribution in [1.82, 2.24) is 0 Å². The van der Waals surface area contributed by atoms with Crippen molar-refractivity contribution in [1.29, 1.82) is 0 Å². The Hall–Kier alpha value is -3.02. The molecular formula is C27H34NO4+. The van der Waals surface area contributed by atoms with E-state index in [0.29, 0.717) is 6.61 Å². The Labute approximate surface area is 191 Å². The van der Waals surface area contributed by atoms with Crippen LogP contribution in [0.5, 0.6) is 17.2 Å². The highest BCUT2D eigenvalue weighted by Crippen LogP contribution is 2.42. The first-order valence-electron chi connectivity index (χ1n) is 10.7. The third-order valence-electron chi connectivity index (χ3n) is 5.57.